The zero-order valence-electron chi connectivity index (χ0n) is 15.5. The van der Waals surface area contributed by atoms with Crippen molar-refractivity contribution in [3.63, 3.8) is 0 Å². The normalized spacial score (nSPS) is 17.4. The Balaban J connectivity index is 1.71. The van der Waals surface area contributed by atoms with E-state index in [1.807, 2.05) is 0 Å². The molecule has 0 atom stereocenters. The van der Waals surface area contributed by atoms with Gasteiger partial charge in [-0.1, -0.05) is 0 Å². The topological polar surface area (TPSA) is 153 Å². The Labute approximate surface area is 167 Å². The second kappa shape index (κ2) is 6.96. The second-order valence-corrected chi connectivity index (χ2v) is 9.32. The van der Waals surface area contributed by atoms with Gasteiger partial charge in [0.05, 0.1) is 5.69 Å². The highest BCUT2D eigenvalue weighted by molar-refractivity contribution is 7.96. The maximum atomic E-state index is 13.3. The number of carbonyl (C=O) groups excluding carboxylic acids is 1. The Morgan fingerprint density at radius 2 is 1.86 bits per heavy atom. The molecule has 10 heteroatoms. The third-order valence-corrected chi connectivity index (χ3v) is 7.72. The van der Waals surface area contributed by atoms with E-state index in [0.29, 0.717) is 53.5 Å². The second-order valence-electron chi connectivity index (χ2n) is 7.00. The fourth-order valence-electron chi connectivity index (χ4n) is 3.39. The predicted octanol–water partition coefficient (Wildman–Crippen LogP) is 1.98. The fraction of sp³-hybridized carbons (Fsp3) is 0.263. The lowest BCUT2D eigenvalue weighted by atomic mass is 10.1. The van der Waals surface area contributed by atoms with Crippen LogP contribution in [0, 0.1) is 0 Å². The number of allylic oxidation sites excluding steroid dienone is 1. The van der Waals surface area contributed by atoms with Crippen LogP contribution in [0.1, 0.15) is 25.0 Å². The van der Waals surface area contributed by atoms with Crippen molar-refractivity contribution in [2.45, 2.75) is 24.0 Å². The summed E-state index contributed by atoms with van der Waals surface area (Å²) in [5, 5.41) is 2.47. The van der Waals surface area contributed by atoms with Gasteiger partial charge in [0.2, 0.25) is 0 Å². The van der Waals surface area contributed by atoms with E-state index in [4.69, 9.17) is 11.5 Å². The van der Waals surface area contributed by atoms with Crippen molar-refractivity contribution in [2.24, 2.45) is 10.7 Å². The highest BCUT2D eigenvalue weighted by atomic mass is 32.2. The van der Waals surface area contributed by atoms with Gasteiger partial charge in [-0.25, -0.2) is 23.2 Å². The molecule has 29 heavy (non-hydrogen) atoms. The van der Waals surface area contributed by atoms with Gasteiger partial charge in [0.1, 0.15) is 10.6 Å². The third-order valence-electron chi connectivity index (χ3n) is 5.04. The Morgan fingerprint density at radius 3 is 2.45 bits per heavy atom. The molecular formula is C19H20N6O3S. The van der Waals surface area contributed by atoms with Crippen molar-refractivity contribution in [2.75, 3.05) is 17.6 Å². The molecule has 1 aromatic carbocycles. The van der Waals surface area contributed by atoms with Crippen LogP contribution >= 0.6 is 0 Å². The van der Waals surface area contributed by atoms with Crippen molar-refractivity contribution < 1.29 is 13.2 Å². The van der Waals surface area contributed by atoms with Crippen LogP contribution in [0.5, 0.6) is 0 Å². The highest BCUT2D eigenvalue weighted by Crippen LogP contribution is 2.55. The number of aromatic nitrogens is 2. The molecule has 2 heterocycles. The molecule has 5 N–H and O–H groups in total. The number of nitrogens with two attached hydrogens (primary N) is 2. The number of urea groups is 1. The van der Waals surface area contributed by atoms with Crippen LogP contribution in [0.3, 0.4) is 0 Å². The number of nitrogens with one attached hydrogen (secondary N) is 1. The first kappa shape index (κ1) is 19.1. The number of benzene rings is 1. The van der Waals surface area contributed by atoms with Crippen LogP contribution in [0.4, 0.5) is 16.3 Å². The van der Waals surface area contributed by atoms with Crippen LogP contribution < -0.4 is 16.8 Å². The Kier molecular flexibility index (Phi) is 4.58. The molecular weight excluding hydrogens is 392 g/mol. The Morgan fingerprint density at radius 1 is 1.14 bits per heavy atom. The predicted molar refractivity (Wildman–Crippen MR) is 111 cm³/mol. The van der Waals surface area contributed by atoms with Crippen LogP contribution in [-0.2, 0) is 14.6 Å². The molecule has 9 nitrogen and oxygen atoms in total. The number of amides is 2. The molecule has 0 spiro atoms. The number of hydrogen-bond donors (Lipinski definition) is 3. The zero-order chi connectivity index (χ0) is 20.6. The van der Waals surface area contributed by atoms with Crippen molar-refractivity contribution in [1.82, 2.24) is 9.97 Å². The summed E-state index contributed by atoms with van der Waals surface area (Å²) >= 11 is 0. The summed E-state index contributed by atoms with van der Waals surface area (Å²) in [4.78, 5) is 24.2. The lowest BCUT2D eigenvalue weighted by molar-refractivity contribution is 0.259. The summed E-state index contributed by atoms with van der Waals surface area (Å²) in [6.07, 6.45) is 4.47. The summed E-state index contributed by atoms with van der Waals surface area (Å²) in [5.41, 5.74) is 12.7. The smallest absolute Gasteiger partial charge is 0.316 e. The molecule has 0 radical (unpaired) electrons. The standard InChI is InChI=1S/C19H20N6O3S/c20-16-11-15(19(7-8-19)29(27,28)14-5-9-22-10-6-14)24-17(25-16)12-1-3-13(4-2-12)23-18(21)26/h1-5,9,11H,6-8,10H2,(H2,20,24,25)(H3,21,23,26). The van der Waals surface area contributed by atoms with Gasteiger partial charge in [-0.05, 0) is 43.2 Å². The van der Waals surface area contributed by atoms with E-state index in [1.165, 1.54) is 12.3 Å². The van der Waals surface area contributed by atoms with Gasteiger partial charge < -0.3 is 16.8 Å². The molecule has 0 saturated heterocycles. The molecule has 150 valence electrons. The lowest BCUT2D eigenvalue weighted by Gasteiger charge is -2.20. The number of sulfone groups is 1. The van der Waals surface area contributed by atoms with Gasteiger partial charge in [-0.3, -0.25) is 4.99 Å². The zero-order valence-corrected chi connectivity index (χ0v) is 16.3. The van der Waals surface area contributed by atoms with E-state index in [0.717, 1.165) is 0 Å². The largest absolute Gasteiger partial charge is 0.384 e. The molecule has 1 aromatic heterocycles. The van der Waals surface area contributed by atoms with Gasteiger partial charge in [-0.15, -0.1) is 0 Å². The minimum atomic E-state index is -3.58. The summed E-state index contributed by atoms with van der Waals surface area (Å²) < 4.78 is 25.5. The van der Waals surface area contributed by atoms with Crippen LogP contribution in [0.25, 0.3) is 11.4 Å². The van der Waals surface area contributed by atoms with Crippen molar-refractivity contribution in [3.05, 3.63) is 47.0 Å². The average Bonchev–Trinajstić information content (AvgIpc) is 3.51. The van der Waals surface area contributed by atoms with Crippen LogP contribution in [-0.4, -0.2) is 37.2 Å². The molecule has 0 bridgehead atoms. The molecule has 2 aliphatic rings. The first-order valence-electron chi connectivity index (χ1n) is 9.07. The lowest BCUT2D eigenvalue weighted by Crippen LogP contribution is -2.25. The Hall–Kier alpha value is -3.27. The minimum absolute atomic E-state index is 0.199. The number of hydrogen-bond acceptors (Lipinski definition) is 7. The monoisotopic (exact) mass is 412 g/mol. The number of dihydropyridines is 1. The van der Waals surface area contributed by atoms with E-state index in [9.17, 15) is 13.2 Å². The van der Waals surface area contributed by atoms with Crippen molar-refractivity contribution >= 4 is 33.6 Å². The molecule has 2 aromatic rings. The van der Waals surface area contributed by atoms with Crippen molar-refractivity contribution in [1.29, 1.82) is 0 Å². The van der Waals surface area contributed by atoms with E-state index >= 15 is 0 Å². The number of aliphatic imine (C=N–C) groups is 1. The van der Waals surface area contributed by atoms with Gasteiger partial charge in [-0.2, -0.15) is 0 Å². The molecule has 4 rings (SSSR count). The Bertz CT molecular complexity index is 1140. The van der Waals surface area contributed by atoms with Crippen molar-refractivity contribution in [3.8, 4) is 11.4 Å². The first-order valence-corrected chi connectivity index (χ1v) is 10.6. The summed E-state index contributed by atoms with van der Waals surface area (Å²) in [6.45, 7) is 0.462. The molecule has 1 fully saturated rings. The average molecular weight is 412 g/mol. The maximum absolute atomic E-state index is 13.3. The number of primary amides is 1. The first-order chi connectivity index (χ1) is 13.8. The molecule has 1 saturated carbocycles. The molecule has 1 aliphatic carbocycles. The SMILES string of the molecule is NC(=O)Nc1ccc(-c2nc(N)cc(C3(S(=O)(=O)C4=CC=NCC4)CC3)n2)cc1. The van der Waals surface area contributed by atoms with E-state index in [2.05, 4.69) is 20.3 Å². The number of nitrogens with zero attached hydrogens (tertiary/aromatic N) is 3. The van der Waals surface area contributed by atoms with Gasteiger partial charge in [0.15, 0.2) is 15.7 Å². The summed E-state index contributed by atoms with van der Waals surface area (Å²) in [7, 11) is -3.58. The van der Waals surface area contributed by atoms with Gasteiger partial charge >= 0.3 is 6.03 Å². The summed E-state index contributed by atoms with van der Waals surface area (Å²) in [5.74, 6) is 0.524. The highest BCUT2D eigenvalue weighted by Gasteiger charge is 2.58. The van der Waals surface area contributed by atoms with Gasteiger partial charge in [0.25, 0.3) is 0 Å². The molecule has 2 amide bonds. The molecule has 0 unspecified atom stereocenters. The van der Waals surface area contributed by atoms with Gasteiger partial charge in [0, 0.05) is 41.4 Å². The van der Waals surface area contributed by atoms with E-state index in [-0.39, 0.29) is 5.82 Å². The third kappa shape index (κ3) is 3.46. The number of nitrogen functional groups attached to an aromatic ring is 1. The minimum Gasteiger partial charge on any atom is -0.384 e. The molecule has 1 aliphatic heterocycles. The number of carbonyl (C=O) groups is 1. The van der Waals surface area contributed by atoms with Crippen LogP contribution in [0.2, 0.25) is 0 Å². The fourth-order valence-corrected chi connectivity index (χ4v) is 5.51. The summed E-state index contributed by atoms with van der Waals surface area (Å²) in [6, 6.07) is 7.60. The quantitative estimate of drug-likeness (QED) is 0.682. The number of anilines is 2. The van der Waals surface area contributed by atoms with E-state index in [1.54, 1.807) is 30.3 Å². The van der Waals surface area contributed by atoms with Crippen LogP contribution in [0.15, 0.2) is 46.3 Å². The van der Waals surface area contributed by atoms with E-state index < -0.39 is 20.6 Å². The maximum Gasteiger partial charge on any atom is 0.316 e. The number of rotatable bonds is 5.